The summed E-state index contributed by atoms with van der Waals surface area (Å²) in [6, 6.07) is 7.62. The molecule has 130 valence electrons. The monoisotopic (exact) mass is 348 g/mol. The quantitative estimate of drug-likeness (QED) is 0.854. The van der Waals surface area contributed by atoms with Gasteiger partial charge in [0, 0.05) is 35.9 Å². The van der Waals surface area contributed by atoms with Crippen LogP contribution in [0.1, 0.15) is 33.3 Å². The van der Waals surface area contributed by atoms with Crippen LogP contribution in [0.3, 0.4) is 0 Å². The van der Waals surface area contributed by atoms with Gasteiger partial charge in [-0.2, -0.15) is 5.10 Å². The summed E-state index contributed by atoms with van der Waals surface area (Å²) in [7, 11) is 0. The van der Waals surface area contributed by atoms with Crippen LogP contribution >= 0.6 is 11.6 Å². The smallest absolute Gasteiger partial charge is 0.317 e. The number of hydrogen-bond acceptors (Lipinski definition) is 2. The summed E-state index contributed by atoms with van der Waals surface area (Å²) in [5.41, 5.74) is 1.88. The predicted octanol–water partition coefficient (Wildman–Crippen LogP) is 4.10. The van der Waals surface area contributed by atoms with Gasteiger partial charge in [-0.25, -0.2) is 9.48 Å². The SMILES string of the molecule is CCN(C(=O)NCc1cnn(-c2ccc(Cl)cc2)c1)C(C)C(C)C. The average Bonchev–Trinajstić information content (AvgIpc) is 3.03. The Morgan fingerprint density at radius 1 is 1.29 bits per heavy atom. The van der Waals surface area contributed by atoms with Crippen LogP contribution < -0.4 is 5.32 Å². The molecule has 0 spiro atoms. The van der Waals surface area contributed by atoms with Gasteiger partial charge in [-0.15, -0.1) is 0 Å². The van der Waals surface area contributed by atoms with Crippen molar-refractivity contribution in [2.75, 3.05) is 6.54 Å². The van der Waals surface area contributed by atoms with Gasteiger partial charge in [-0.05, 0) is 44.0 Å². The molecule has 2 aromatic rings. The highest BCUT2D eigenvalue weighted by atomic mass is 35.5. The van der Waals surface area contributed by atoms with Crippen LogP contribution in [0.25, 0.3) is 5.69 Å². The van der Waals surface area contributed by atoms with E-state index in [2.05, 4.69) is 31.2 Å². The molecule has 0 fully saturated rings. The molecule has 0 saturated heterocycles. The van der Waals surface area contributed by atoms with Gasteiger partial charge in [-0.3, -0.25) is 0 Å². The molecule has 1 aromatic heterocycles. The number of urea groups is 1. The highest BCUT2D eigenvalue weighted by Gasteiger charge is 2.20. The third-order valence-corrected chi connectivity index (χ3v) is 4.48. The van der Waals surface area contributed by atoms with Gasteiger partial charge in [-0.1, -0.05) is 25.4 Å². The van der Waals surface area contributed by atoms with Crippen molar-refractivity contribution in [3.8, 4) is 5.69 Å². The van der Waals surface area contributed by atoms with E-state index in [0.29, 0.717) is 24.0 Å². The second-order valence-electron chi connectivity index (χ2n) is 6.20. The lowest BCUT2D eigenvalue weighted by atomic mass is 10.1. The molecule has 1 N–H and O–H groups in total. The van der Waals surface area contributed by atoms with Crippen molar-refractivity contribution in [1.82, 2.24) is 20.0 Å². The Hall–Kier alpha value is -2.01. The molecule has 1 atom stereocenters. The summed E-state index contributed by atoms with van der Waals surface area (Å²) in [4.78, 5) is 14.2. The third kappa shape index (κ3) is 4.51. The van der Waals surface area contributed by atoms with Crippen molar-refractivity contribution in [1.29, 1.82) is 0 Å². The summed E-state index contributed by atoms with van der Waals surface area (Å²) < 4.78 is 1.77. The van der Waals surface area contributed by atoms with Crippen LogP contribution in [0.2, 0.25) is 5.02 Å². The molecule has 24 heavy (non-hydrogen) atoms. The molecule has 2 amide bonds. The maximum atomic E-state index is 12.4. The number of amides is 2. The molecular formula is C18H25ClN4O. The number of carbonyl (C=O) groups excluding carboxylic acids is 1. The fourth-order valence-corrected chi connectivity index (χ4v) is 2.57. The molecule has 1 aromatic carbocycles. The van der Waals surface area contributed by atoms with Crippen molar-refractivity contribution >= 4 is 17.6 Å². The standard InChI is InChI=1S/C18H25ClN4O/c1-5-22(14(4)13(2)3)18(24)20-10-15-11-21-23(12-15)17-8-6-16(19)7-9-17/h6-9,11-14H,5,10H2,1-4H3,(H,20,24). The maximum absolute atomic E-state index is 12.4. The molecule has 1 unspecified atom stereocenters. The van der Waals surface area contributed by atoms with Crippen LogP contribution in [0.15, 0.2) is 36.7 Å². The highest BCUT2D eigenvalue weighted by molar-refractivity contribution is 6.30. The Bertz CT molecular complexity index is 666. The Balaban J connectivity index is 1.97. The molecular weight excluding hydrogens is 324 g/mol. The number of nitrogens with one attached hydrogen (secondary N) is 1. The van der Waals surface area contributed by atoms with E-state index in [1.807, 2.05) is 42.3 Å². The van der Waals surface area contributed by atoms with E-state index < -0.39 is 0 Å². The maximum Gasteiger partial charge on any atom is 0.317 e. The van der Waals surface area contributed by atoms with E-state index in [4.69, 9.17) is 11.6 Å². The van der Waals surface area contributed by atoms with Gasteiger partial charge < -0.3 is 10.2 Å². The Morgan fingerprint density at radius 3 is 2.54 bits per heavy atom. The van der Waals surface area contributed by atoms with Crippen LogP contribution in [-0.2, 0) is 6.54 Å². The number of rotatable bonds is 6. The second kappa shape index (κ2) is 8.20. The number of carbonyl (C=O) groups is 1. The van der Waals surface area contributed by atoms with Crippen LogP contribution in [0, 0.1) is 5.92 Å². The van der Waals surface area contributed by atoms with E-state index in [1.54, 1.807) is 10.9 Å². The fraction of sp³-hybridized carbons (Fsp3) is 0.444. The molecule has 0 saturated carbocycles. The first-order valence-corrected chi connectivity index (χ1v) is 8.64. The van der Waals surface area contributed by atoms with Crippen molar-refractivity contribution in [3.63, 3.8) is 0 Å². The van der Waals surface area contributed by atoms with Crippen molar-refractivity contribution < 1.29 is 4.79 Å². The summed E-state index contributed by atoms with van der Waals surface area (Å²) in [6.07, 6.45) is 3.67. The van der Waals surface area contributed by atoms with Crippen molar-refractivity contribution in [2.45, 2.75) is 40.3 Å². The van der Waals surface area contributed by atoms with Crippen molar-refractivity contribution in [2.24, 2.45) is 5.92 Å². The number of hydrogen-bond donors (Lipinski definition) is 1. The lowest BCUT2D eigenvalue weighted by Crippen LogP contribution is -2.46. The molecule has 1 heterocycles. The first-order chi connectivity index (χ1) is 11.4. The Labute approximate surface area is 148 Å². The minimum Gasteiger partial charge on any atom is -0.334 e. The predicted molar refractivity (Wildman–Crippen MR) is 97.5 cm³/mol. The lowest BCUT2D eigenvalue weighted by Gasteiger charge is -2.30. The lowest BCUT2D eigenvalue weighted by molar-refractivity contribution is 0.165. The van der Waals surface area contributed by atoms with Gasteiger partial charge in [0.2, 0.25) is 0 Å². The van der Waals surface area contributed by atoms with E-state index >= 15 is 0 Å². The van der Waals surface area contributed by atoms with Gasteiger partial charge in [0.05, 0.1) is 11.9 Å². The van der Waals surface area contributed by atoms with Gasteiger partial charge in [0.1, 0.15) is 0 Å². The minimum atomic E-state index is -0.0436. The Kier molecular flexibility index (Phi) is 6.26. The molecule has 5 nitrogen and oxygen atoms in total. The summed E-state index contributed by atoms with van der Waals surface area (Å²) in [6.45, 7) is 9.46. The Morgan fingerprint density at radius 2 is 1.96 bits per heavy atom. The number of benzene rings is 1. The number of nitrogens with zero attached hydrogens (tertiary/aromatic N) is 3. The summed E-state index contributed by atoms with van der Waals surface area (Å²) >= 11 is 5.90. The zero-order chi connectivity index (χ0) is 17.7. The summed E-state index contributed by atoms with van der Waals surface area (Å²) in [5.74, 6) is 0.420. The van der Waals surface area contributed by atoms with Crippen LogP contribution in [-0.4, -0.2) is 33.3 Å². The normalized spacial score (nSPS) is 12.2. The van der Waals surface area contributed by atoms with Gasteiger partial charge >= 0.3 is 6.03 Å². The molecule has 2 rings (SSSR count). The first kappa shape index (κ1) is 18.3. The fourth-order valence-electron chi connectivity index (χ4n) is 2.44. The van der Waals surface area contributed by atoms with E-state index in [0.717, 1.165) is 11.3 Å². The minimum absolute atomic E-state index is 0.0436. The van der Waals surface area contributed by atoms with Crippen molar-refractivity contribution in [3.05, 3.63) is 47.2 Å². The van der Waals surface area contributed by atoms with Crippen LogP contribution in [0.4, 0.5) is 4.79 Å². The van der Waals surface area contributed by atoms with Gasteiger partial charge in [0.25, 0.3) is 0 Å². The molecule has 0 aliphatic rings. The topological polar surface area (TPSA) is 50.2 Å². The highest BCUT2D eigenvalue weighted by Crippen LogP contribution is 2.14. The number of halogens is 1. The van der Waals surface area contributed by atoms with E-state index in [9.17, 15) is 4.79 Å². The number of aromatic nitrogens is 2. The zero-order valence-corrected chi connectivity index (χ0v) is 15.4. The van der Waals surface area contributed by atoms with Gasteiger partial charge in [0.15, 0.2) is 0 Å². The molecule has 0 radical (unpaired) electrons. The third-order valence-electron chi connectivity index (χ3n) is 4.23. The van der Waals surface area contributed by atoms with E-state index in [-0.39, 0.29) is 12.1 Å². The average molecular weight is 349 g/mol. The molecule has 0 bridgehead atoms. The summed E-state index contributed by atoms with van der Waals surface area (Å²) in [5, 5.41) is 8.00. The second-order valence-corrected chi connectivity index (χ2v) is 6.64. The zero-order valence-electron chi connectivity index (χ0n) is 14.7. The molecule has 0 aliphatic heterocycles. The van der Waals surface area contributed by atoms with Crippen LogP contribution in [0.5, 0.6) is 0 Å². The molecule has 0 aliphatic carbocycles. The molecule has 6 heteroatoms. The largest absolute Gasteiger partial charge is 0.334 e. The first-order valence-electron chi connectivity index (χ1n) is 8.26. The van der Waals surface area contributed by atoms with E-state index in [1.165, 1.54) is 0 Å².